The van der Waals surface area contributed by atoms with Crippen LogP contribution in [-0.2, 0) is 4.79 Å². The number of carbonyl (C=O) groups excluding carboxylic acids is 1. The molecule has 0 aliphatic carbocycles. The van der Waals surface area contributed by atoms with Crippen molar-refractivity contribution in [3.8, 4) is 11.4 Å². The molecule has 5 rings (SSSR count). The van der Waals surface area contributed by atoms with Gasteiger partial charge in [0.25, 0.3) is 0 Å². The highest BCUT2D eigenvalue weighted by atomic mass is 32.1. The second kappa shape index (κ2) is 10.8. The van der Waals surface area contributed by atoms with Gasteiger partial charge in [0, 0.05) is 41.9 Å². The number of ether oxygens (including phenoxy) is 1. The van der Waals surface area contributed by atoms with Crippen LogP contribution in [0.5, 0.6) is 5.75 Å². The lowest BCUT2D eigenvalue weighted by Gasteiger charge is -2.29. The van der Waals surface area contributed by atoms with Crippen molar-refractivity contribution in [2.75, 3.05) is 19.0 Å². The van der Waals surface area contributed by atoms with Crippen molar-refractivity contribution >= 4 is 28.9 Å². The number of methoxy groups -OCH3 is 1. The zero-order chi connectivity index (χ0) is 25.8. The van der Waals surface area contributed by atoms with Crippen LogP contribution in [0, 0.1) is 6.92 Å². The van der Waals surface area contributed by atoms with Crippen LogP contribution in [0.1, 0.15) is 35.6 Å². The van der Waals surface area contributed by atoms with Crippen molar-refractivity contribution in [1.29, 1.82) is 0 Å². The summed E-state index contributed by atoms with van der Waals surface area (Å²) in [6.07, 6.45) is 2.09. The minimum atomic E-state index is -0.169. The van der Waals surface area contributed by atoms with E-state index in [4.69, 9.17) is 17.0 Å². The van der Waals surface area contributed by atoms with Gasteiger partial charge in [0.05, 0.1) is 24.9 Å². The Bertz CT molecular complexity index is 1370. The van der Waals surface area contributed by atoms with Crippen molar-refractivity contribution in [3.05, 3.63) is 108 Å². The molecule has 0 saturated carbocycles. The van der Waals surface area contributed by atoms with Gasteiger partial charge in [-0.2, -0.15) is 0 Å². The maximum atomic E-state index is 12.8. The molecule has 0 spiro atoms. The Labute approximate surface area is 222 Å². The Kier molecular flexibility index (Phi) is 7.18. The number of amides is 1. The summed E-state index contributed by atoms with van der Waals surface area (Å²) >= 11 is 5.81. The van der Waals surface area contributed by atoms with E-state index < -0.39 is 0 Å². The van der Waals surface area contributed by atoms with Crippen LogP contribution in [0.4, 0.5) is 5.69 Å². The van der Waals surface area contributed by atoms with Crippen molar-refractivity contribution in [2.45, 2.75) is 25.4 Å². The van der Waals surface area contributed by atoms with Crippen molar-refractivity contribution in [1.82, 2.24) is 19.8 Å². The van der Waals surface area contributed by atoms with E-state index in [0.717, 1.165) is 34.2 Å². The van der Waals surface area contributed by atoms with Gasteiger partial charge in [-0.1, -0.05) is 24.3 Å². The molecule has 2 aromatic carbocycles. The minimum Gasteiger partial charge on any atom is -0.497 e. The van der Waals surface area contributed by atoms with E-state index in [0.29, 0.717) is 18.1 Å². The van der Waals surface area contributed by atoms with Gasteiger partial charge in [0.15, 0.2) is 5.11 Å². The first kappa shape index (κ1) is 24.5. The molecule has 0 bridgehead atoms. The molecular weight excluding hydrogens is 482 g/mol. The molecule has 1 aliphatic heterocycles. The number of benzene rings is 2. The van der Waals surface area contributed by atoms with Crippen LogP contribution >= 0.6 is 12.2 Å². The van der Waals surface area contributed by atoms with E-state index in [9.17, 15) is 4.79 Å². The fourth-order valence-corrected chi connectivity index (χ4v) is 5.14. The summed E-state index contributed by atoms with van der Waals surface area (Å²) in [4.78, 5) is 19.5. The van der Waals surface area contributed by atoms with Gasteiger partial charge in [-0.3, -0.25) is 9.78 Å². The summed E-state index contributed by atoms with van der Waals surface area (Å²) in [6, 6.07) is 27.3. The number of rotatable bonds is 8. The SMILES string of the molecule is COc1ccc(-n2c(C)ccc2[C@@H]2[C@@H](c3ccccn3)NC(=S)N2CCC(=O)Nc2ccccc2)cc1. The van der Waals surface area contributed by atoms with Crippen LogP contribution in [0.15, 0.2) is 91.1 Å². The first-order valence-corrected chi connectivity index (χ1v) is 12.6. The molecule has 2 atom stereocenters. The number of pyridine rings is 1. The third kappa shape index (κ3) is 5.20. The molecule has 188 valence electrons. The summed E-state index contributed by atoms with van der Waals surface area (Å²) in [5, 5.41) is 7.05. The molecule has 1 fully saturated rings. The van der Waals surface area contributed by atoms with Crippen molar-refractivity contribution in [2.24, 2.45) is 0 Å². The van der Waals surface area contributed by atoms with Gasteiger partial charge in [-0.25, -0.2) is 0 Å². The summed E-state index contributed by atoms with van der Waals surface area (Å²) in [6.45, 7) is 2.55. The molecule has 2 aromatic heterocycles. The van der Waals surface area contributed by atoms with Gasteiger partial charge in [0.2, 0.25) is 5.91 Å². The van der Waals surface area contributed by atoms with Gasteiger partial charge < -0.3 is 24.8 Å². The number of aryl methyl sites for hydroxylation is 1. The Hall–Kier alpha value is -4.17. The first-order valence-electron chi connectivity index (χ1n) is 12.2. The molecule has 37 heavy (non-hydrogen) atoms. The van der Waals surface area contributed by atoms with Crippen molar-refractivity contribution < 1.29 is 9.53 Å². The van der Waals surface area contributed by atoms with E-state index in [-0.39, 0.29) is 18.0 Å². The molecule has 1 amide bonds. The predicted octanol–water partition coefficient (Wildman–Crippen LogP) is 5.19. The topological polar surface area (TPSA) is 71.4 Å². The molecule has 8 heteroatoms. The summed E-state index contributed by atoms with van der Waals surface area (Å²) in [5.41, 5.74) is 4.86. The lowest BCUT2D eigenvalue weighted by Crippen LogP contribution is -2.33. The summed E-state index contributed by atoms with van der Waals surface area (Å²) < 4.78 is 7.59. The number of nitrogens with one attached hydrogen (secondary N) is 2. The average molecular weight is 512 g/mol. The Balaban J connectivity index is 1.48. The van der Waals surface area contributed by atoms with Crippen LogP contribution in [0.2, 0.25) is 0 Å². The lowest BCUT2D eigenvalue weighted by atomic mass is 10.0. The quantitative estimate of drug-likeness (QED) is 0.317. The molecule has 7 nitrogen and oxygen atoms in total. The van der Waals surface area contributed by atoms with Gasteiger partial charge >= 0.3 is 0 Å². The number of para-hydroxylation sites is 1. The monoisotopic (exact) mass is 511 g/mol. The van der Waals surface area contributed by atoms with E-state index in [1.165, 1.54) is 0 Å². The smallest absolute Gasteiger partial charge is 0.226 e. The highest BCUT2D eigenvalue weighted by Crippen LogP contribution is 2.40. The van der Waals surface area contributed by atoms with Crippen molar-refractivity contribution in [3.63, 3.8) is 0 Å². The molecule has 1 saturated heterocycles. The molecule has 2 N–H and O–H groups in total. The third-order valence-electron chi connectivity index (χ3n) is 6.57. The standard InChI is InChI=1S/C29H29N5O2S/c1-20-11-16-25(34(20)22-12-14-23(36-2)15-13-22)28-27(24-10-6-7-18-30-24)32-29(37)33(28)19-17-26(35)31-21-8-4-3-5-9-21/h3-16,18,27-28H,17,19H2,1-2H3,(H,31,35)(H,32,37)/t27-,28-/m1/s1. The normalized spacial score (nSPS) is 16.9. The molecule has 0 radical (unpaired) electrons. The zero-order valence-electron chi connectivity index (χ0n) is 20.8. The highest BCUT2D eigenvalue weighted by Gasteiger charge is 2.41. The number of thiocarbonyl (C=S) groups is 1. The molecular formula is C29H29N5O2S. The Morgan fingerprint density at radius 3 is 2.49 bits per heavy atom. The second-order valence-corrected chi connectivity index (χ2v) is 9.30. The second-order valence-electron chi connectivity index (χ2n) is 8.92. The maximum absolute atomic E-state index is 12.8. The molecule has 0 unspecified atom stereocenters. The largest absolute Gasteiger partial charge is 0.497 e. The predicted molar refractivity (Wildman–Crippen MR) is 149 cm³/mol. The average Bonchev–Trinajstić information content (AvgIpc) is 3.47. The summed E-state index contributed by atoms with van der Waals surface area (Å²) in [5.74, 6) is 0.743. The van der Waals surface area contributed by atoms with Gasteiger partial charge in [0.1, 0.15) is 5.75 Å². The van der Waals surface area contributed by atoms with E-state index in [1.807, 2.05) is 72.8 Å². The molecule has 3 heterocycles. The fraction of sp³-hybridized carbons (Fsp3) is 0.207. The van der Waals surface area contributed by atoms with Crippen LogP contribution in [0.25, 0.3) is 5.69 Å². The van der Waals surface area contributed by atoms with E-state index in [2.05, 4.69) is 44.1 Å². The molecule has 4 aromatic rings. The fourth-order valence-electron chi connectivity index (χ4n) is 4.81. The minimum absolute atomic E-state index is 0.0595. The molecule has 1 aliphatic rings. The van der Waals surface area contributed by atoms with Crippen LogP contribution in [0.3, 0.4) is 0 Å². The van der Waals surface area contributed by atoms with E-state index in [1.54, 1.807) is 13.3 Å². The zero-order valence-corrected chi connectivity index (χ0v) is 21.6. The number of hydrogen-bond donors (Lipinski definition) is 2. The number of hydrogen-bond acceptors (Lipinski definition) is 4. The Morgan fingerprint density at radius 1 is 1.03 bits per heavy atom. The van der Waals surface area contributed by atoms with Crippen LogP contribution in [-0.4, -0.2) is 39.1 Å². The third-order valence-corrected chi connectivity index (χ3v) is 6.93. The Morgan fingerprint density at radius 2 is 1.78 bits per heavy atom. The lowest BCUT2D eigenvalue weighted by molar-refractivity contribution is -0.116. The van der Waals surface area contributed by atoms with Crippen LogP contribution < -0.4 is 15.4 Å². The van der Waals surface area contributed by atoms with E-state index >= 15 is 0 Å². The number of carbonyl (C=O) groups is 1. The first-order chi connectivity index (χ1) is 18.0. The number of anilines is 1. The maximum Gasteiger partial charge on any atom is 0.226 e. The number of nitrogens with zero attached hydrogens (tertiary/aromatic N) is 3. The highest BCUT2D eigenvalue weighted by molar-refractivity contribution is 7.80. The van der Waals surface area contributed by atoms with Gasteiger partial charge in [-0.15, -0.1) is 0 Å². The van der Waals surface area contributed by atoms with Gasteiger partial charge in [-0.05, 0) is 79.8 Å². The summed E-state index contributed by atoms with van der Waals surface area (Å²) in [7, 11) is 1.66. The number of aromatic nitrogens is 2.